The van der Waals surface area contributed by atoms with Gasteiger partial charge in [-0.05, 0) is 6.92 Å². The summed E-state index contributed by atoms with van der Waals surface area (Å²) in [6.45, 7) is 1.72. The number of nitrogens with zero attached hydrogens (tertiary/aromatic N) is 2. The number of carbonyl (C=O) groups is 1. The standard InChI is InChI=1S/C8H11N3O3/c1-5(4-12)11-8-9-2-6(3-10-8)7(13)14/h2-3,5,12H,4H2,1H3,(H,13,14)(H,9,10,11). The molecule has 0 aliphatic rings. The highest BCUT2D eigenvalue weighted by atomic mass is 16.4. The average Bonchev–Trinajstić information content (AvgIpc) is 2.18. The van der Waals surface area contributed by atoms with Crippen LogP contribution in [0.4, 0.5) is 5.95 Å². The van der Waals surface area contributed by atoms with Crippen molar-refractivity contribution in [1.82, 2.24) is 9.97 Å². The number of anilines is 1. The molecule has 6 nitrogen and oxygen atoms in total. The van der Waals surface area contributed by atoms with Crippen LogP contribution < -0.4 is 5.32 Å². The van der Waals surface area contributed by atoms with Crippen molar-refractivity contribution in [2.75, 3.05) is 11.9 Å². The van der Waals surface area contributed by atoms with E-state index in [1.165, 1.54) is 12.4 Å². The Bertz CT molecular complexity index is 312. The van der Waals surface area contributed by atoms with Gasteiger partial charge >= 0.3 is 5.97 Å². The number of rotatable bonds is 4. The molecule has 1 heterocycles. The monoisotopic (exact) mass is 197 g/mol. The summed E-state index contributed by atoms with van der Waals surface area (Å²) in [5.41, 5.74) is 0.0344. The molecule has 1 rings (SSSR count). The highest BCUT2D eigenvalue weighted by Gasteiger charge is 2.05. The normalized spacial score (nSPS) is 12.1. The number of nitrogens with one attached hydrogen (secondary N) is 1. The zero-order valence-corrected chi connectivity index (χ0v) is 7.64. The quantitative estimate of drug-likeness (QED) is 0.627. The summed E-state index contributed by atoms with van der Waals surface area (Å²) >= 11 is 0. The maximum absolute atomic E-state index is 10.5. The summed E-state index contributed by atoms with van der Waals surface area (Å²) in [7, 11) is 0. The third-order valence-electron chi connectivity index (χ3n) is 1.55. The molecule has 0 amide bonds. The molecule has 0 radical (unpaired) electrons. The van der Waals surface area contributed by atoms with Crippen molar-refractivity contribution in [2.45, 2.75) is 13.0 Å². The number of aliphatic hydroxyl groups excluding tert-OH is 1. The molecule has 1 atom stereocenters. The highest BCUT2D eigenvalue weighted by Crippen LogP contribution is 2.01. The fourth-order valence-corrected chi connectivity index (χ4v) is 0.779. The van der Waals surface area contributed by atoms with Crippen molar-refractivity contribution < 1.29 is 15.0 Å². The minimum Gasteiger partial charge on any atom is -0.478 e. The molecular formula is C8H11N3O3. The van der Waals surface area contributed by atoms with Crippen molar-refractivity contribution in [3.8, 4) is 0 Å². The number of carboxylic acids is 1. The molecule has 76 valence electrons. The number of hydrogen-bond acceptors (Lipinski definition) is 5. The van der Waals surface area contributed by atoms with Crippen LogP contribution in [0.1, 0.15) is 17.3 Å². The summed E-state index contributed by atoms with van der Waals surface area (Å²) in [4.78, 5) is 18.0. The van der Waals surface area contributed by atoms with Gasteiger partial charge in [0.05, 0.1) is 12.2 Å². The van der Waals surface area contributed by atoms with Gasteiger partial charge in [-0.3, -0.25) is 0 Å². The SMILES string of the molecule is CC(CO)Nc1ncc(C(=O)O)cn1. The first-order chi connectivity index (χ1) is 6.63. The van der Waals surface area contributed by atoms with Crippen LogP contribution in [0, 0.1) is 0 Å². The molecule has 0 bridgehead atoms. The number of aromatic nitrogens is 2. The van der Waals surface area contributed by atoms with Gasteiger partial charge in [0.15, 0.2) is 0 Å². The van der Waals surface area contributed by atoms with E-state index in [1.807, 2.05) is 0 Å². The summed E-state index contributed by atoms with van der Waals surface area (Å²) in [5, 5.41) is 20.1. The van der Waals surface area contributed by atoms with E-state index in [9.17, 15) is 4.79 Å². The second-order valence-electron chi connectivity index (χ2n) is 2.83. The van der Waals surface area contributed by atoms with E-state index in [0.29, 0.717) is 5.95 Å². The molecule has 0 aliphatic carbocycles. The zero-order chi connectivity index (χ0) is 10.6. The maximum Gasteiger partial charge on any atom is 0.338 e. The summed E-state index contributed by atoms with van der Waals surface area (Å²) in [6, 6.07) is -0.161. The Morgan fingerprint density at radius 2 is 2.14 bits per heavy atom. The minimum atomic E-state index is -1.06. The summed E-state index contributed by atoms with van der Waals surface area (Å²) in [5.74, 6) is -0.761. The number of aliphatic hydroxyl groups is 1. The van der Waals surface area contributed by atoms with E-state index in [2.05, 4.69) is 15.3 Å². The van der Waals surface area contributed by atoms with Gasteiger partial charge in [-0.2, -0.15) is 0 Å². The highest BCUT2D eigenvalue weighted by molar-refractivity contribution is 5.86. The molecule has 0 spiro atoms. The average molecular weight is 197 g/mol. The molecule has 0 saturated heterocycles. The summed E-state index contributed by atoms with van der Waals surface area (Å²) < 4.78 is 0. The largest absolute Gasteiger partial charge is 0.478 e. The first-order valence-electron chi connectivity index (χ1n) is 4.06. The second kappa shape index (κ2) is 4.52. The maximum atomic E-state index is 10.5. The molecule has 1 aromatic rings. The van der Waals surface area contributed by atoms with Gasteiger partial charge in [-0.15, -0.1) is 0 Å². The van der Waals surface area contributed by atoms with E-state index < -0.39 is 5.97 Å². The van der Waals surface area contributed by atoms with Gasteiger partial charge in [-0.25, -0.2) is 14.8 Å². The smallest absolute Gasteiger partial charge is 0.338 e. The predicted octanol–water partition coefficient (Wildman–Crippen LogP) is -0.0325. The molecule has 6 heteroatoms. The van der Waals surface area contributed by atoms with Crippen molar-refractivity contribution >= 4 is 11.9 Å². The molecule has 3 N–H and O–H groups in total. The molecule has 0 aliphatic heterocycles. The minimum absolute atomic E-state index is 0.0344. The molecular weight excluding hydrogens is 186 g/mol. The lowest BCUT2D eigenvalue weighted by atomic mass is 10.3. The van der Waals surface area contributed by atoms with Crippen LogP contribution in [-0.2, 0) is 0 Å². The van der Waals surface area contributed by atoms with Crippen LogP contribution in [0.3, 0.4) is 0 Å². The van der Waals surface area contributed by atoms with E-state index in [4.69, 9.17) is 10.2 Å². The van der Waals surface area contributed by atoms with Crippen LogP contribution in [-0.4, -0.2) is 38.8 Å². The van der Waals surface area contributed by atoms with Gasteiger partial charge < -0.3 is 15.5 Å². The van der Waals surface area contributed by atoms with Crippen molar-refractivity contribution in [2.24, 2.45) is 0 Å². The van der Waals surface area contributed by atoms with Gasteiger partial charge in [0.1, 0.15) is 0 Å². The first kappa shape index (κ1) is 10.4. The Hall–Kier alpha value is -1.69. The summed E-state index contributed by atoms with van der Waals surface area (Å²) in [6.07, 6.45) is 2.42. The van der Waals surface area contributed by atoms with Crippen molar-refractivity contribution in [1.29, 1.82) is 0 Å². The molecule has 0 fully saturated rings. The Morgan fingerprint density at radius 3 is 2.57 bits per heavy atom. The van der Waals surface area contributed by atoms with Gasteiger partial charge in [0.2, 0.25) is 5.95 Å². The van der Waals surface area contributed by atoms with E-state index in [-0.39, 0.29) is 18.2 Å². The van der Waals surface area contributed by atoms with Crippen LogP contribution >= 0.6 is 0 Å². The van der Waals surface area contributed by atoms with E-state index >= 15 is 0 Å². The van der Waals surface area contributed by atoms with Gasteiger partial charge in [0, 0.05) is 18.4 Å². The third kappa shape index (κ3) is 2.67. The second-order valence-corrected chi connectivity index (χ2v) is 2.83. The molecule has 1 unspecified atom stereocenters. The van der Waals surface area contributed by atoms with Crippen molar-refractivity contribution in [3.63, 3.8) is 0 Å². The first-order valence-corrected chi connectivity index (χ1v) is 4.06. The lowest BCUT2D eigenvalue weighted by Gasteiger charge is -2.09. The van der Waals surface area contributed by atoms with Crippen LogP contribution in [0.2, 0.25) is 0 Å². The lowest BCUT2D eigenvalue weighted by Crippen LogP contribution is -2.20. The Kier molecular flexibility index (Phi) is 3.35. The Balaban J connectivity index is 2.68. The molecule has 1 aromatic heterocycles. The Morgan fingerprint density at radius 1 is 1.57 bits per heavy atom. The predicted molar refractivity (Wildman–Crippen MR) is 49.2 cm³/mol. The molecule has 14 heavy (non-hydrogen) atoms. The Labute approximate surface area is 80.6 Å². The molecule has 0 aromatic carbocycles. The zero-order valence-electron chi connectivity index (χ0n) is 7.64. The van der Waals surface area contributed by atoms with Crippen molar-refractivity contribution in [3.05, 3.63) is 18.0 Å². The third-order valence-corrected chi connectivity index (χ3v) is 1.55. The van der Waals surface area contributed by atoms with E-state index in [0.717, 1.165) is 0 Å². The fourth-order valence-electron chi connectivity index (χ4n) is 0.779. The van der Waals surface area contributed by atoms with E-state index in [1.54, 1.807) is 6.92 Å². The molecule has 0 saturated carbocycles. The fraction of sp³-hybridized carbons (Fsp3) is 0.375. The number of carboxylic acid groups (broad SMARTS) is 1. The van der Waals surface area contributed by atoms with Crippen LogP contribution in [0.25, 0.3) is 0 Å². The number of hydrogen-bond donors (Lipinski definition) is 3. The lowest BCUT2D eigenvalue weighted by molar-refractivity contribution is 0.0696. The van der Waals surface area contributed by atoms with Crippen LogP contribution in [0.5, 0.6) is 0 Å². The topological polar surface area (TPSA) is 95.3 Å². The van der Waals surface area contributed by atoms with Crippen LogP contribution in [0.15, 0.2) is 12.4 Å². The number of aromatic carboxylic acids is 1. The van der Waals surface area contributed by atoms with Gasteiger partial charge in [-0.1, -0.05) is 0 Å². The van der Waals surface area contributed by atoms with Gasteiger partial charge in [0.25, 0.3) is 0 Å².